The lowest BCUT2D eigenvalue weighted by molar-refractivity contribution is 0.0950. The Morgan fingerprint density at radius 3 is 2.68 bits per heavy atom. The third-order valence-corrected chi connectivity index (χ3v) is 7.66. The summed E-state index contributed by atoms with van der Waals surface area (Å²) in [6, 6.07) is 23.2. The molecule has 0 unspecified atom stereocenters. The Morgan fingerprint density at radius 2 is 1.84 bits per heavy atom. The van der Waals surface area contributed by atoms with Gasteiger partial charge in [0.05, 0.1) is 18.3 Å². The van der Waals surface area contributed by atoms with Gasteiger partial charge in [0.25, 0.3) is 5.91 Å². The molecule has 6 rings (SSSR count). The Kier molecular flexibility index (Phi) is 4.52. The first-order valence-electron chi connectivity index (χ1n) is 11.4. The molecular formula is C27H27N3O. The van der Waals surface area contributed by atoms with E-state index in [2.05, 4.69) is 58.1 Å². The topological polar surface area (TPSA) is 54.0 Å². The summed E-state index contributed by atoms with van der Waals surface area (Å²) in [5, 5.41) is 6.88. The number of benzene rings is 2. The van der Waals surface area contributed by atoms with Crippen LogP contribution in [0.1, 0.15) is 58.4 Å². The molecule has 0 radical (unpaired) electrons. The number of carbonyl (C=O) groups excluding carboxylic acids is 1. The summed E-state index contributed by atoms with van der Waals surface area (Å²) in [6.07, 6.45) is 5.75. The van der Waals surface area contributed by atoms with Crippen LogP contribution in [-0.4, -0.2) is 10.9 Å². The number of nitrogens with zero attached hydrogens (tertiary/aromatic N) is 1. The largest absolute Gasteiger partial charge is 0.378 e. The Labute approximate surface area is 183 Å². The van der Waals surface area contributed by atoms with Crippen LogP contribution < -0.4 is 10.6 Å². The lowest BCUT2D eigenvalue weighted by Gasteiger charge is -2.43. The fourth-order valence-electron chi connectivity index (χ4n) is 6.39. The van der Waals surface area contributed by atoms with Crippen molar-refractivity contribution in [3.63, 3.8) is 0 Å². The summed E-state index contributed by atoms with van der Waals surface area (Å²) >= 11 is 0. The summed E-state index contributed by atoms with van der Waals surface area (Å²) in [7, 11) is 0. The summed E-state index contributed by atoms with van der Waals surface area (Å²) < 4.78 is 0. The summed E-state index contributed by atoms with van der Waals surface area (Å²) in [5.74, 6) is 2.65. The molecular weight excluding hydrogens is 382 g/mol. The molecule has 1 aromatic heterocycles. The second-order valence-corrected chi connectivity index (χ2v) is 9.27. The highest BCUT2D eigenvalue weighted by molar-refractivity contribution is 5.95. The highest BCUT2D eigenvalue weighted by Crippen LogP contribution is 2.63. The average molecular weight is 410 g/mol. The molecule has 1 amide bonds. The first kappa shape index (κ1) is 18.6. The van der Waals surface area contributed by atoms with Crippen LogP contribution in [0.3, 0.4) is 0 Å². The quantitative estimate of drug-likeness (QED) is 0.614. The van der Waals surface area contributed by atoms with Crippen molar-refractivity contribution >= 4 is 11.6 Å². The van der Waals surface area contributed by atoms with Gasteiger partial charge in [-0.3, -0.25) is 9.78 Å². The van der Waals surface area contributed by atoms with Crippen molar-refractivity contribution in [2.75, 3.05) is 5.32 Å². The van der Waals surface area contributed by atoms with Gasteiger partial charge in [-0.25, -0.2) is 0 Å². The third kappa shape index (κ3) is 3.21. The molecule has 0 saturated heterocycles. The van der Waals surface area contributed by atoms with Crippen molar-refractivity contribution in [1.29, 1.82) is 0 Å². The molecule has 2 N–H and O–H groups in total. The first-order chi connectivity index (χ1) is 15.3. The number of amides is 1. The molecule has 2 aliphatic carbocycles. The van der Waals surface area contributed by atoms with Crippen LogP contribution in [0.25, 0.3) is 0 Å². The zero-order chi connectivity index (χ0) is 20.8. The van der Waals surface area contributed by atoms with E-state index in [0.717, 1.165) is 23.1 Å². The highest BCUT2D eigenvalue weighted by Gasteiger charge is 2.53. The van der Waals surface area contributed by atoms with Gasteiger partial charge in [0.15, 0.2) is 0 Å². The SMILES string of the molecule is O=C(NCc1ccccn1)c1ccc2c(c1)[C@H]1[C@H]3CC[C@@H](C3)[C@H]1[C@H](c1ccccc1)N2. The fourth-order valence-corrected chi connectivity index (χ4v) is 6.39. The van der Waals surface area contributed by atoms with E-state index < -0.39 is 0 Å². The Bertz CT molecular complexity index is 1100. The van der Waals surface area contributed by atoms with Gasteiger partial charge in [-0.15, -0.1) is 0 Å². The van der Waals surface area contributed by atoms with E-state index in [4.69, 9.17) is 0 Å². The molecule has 0 spiro atoms. The number of hydrogen-bond acceptors (Lipinski definition) is 3. The summed E-state index contributed by atoms with van der Waals surface area (Å²) in [6.45, 7) is 0.446. The summed E-state index contributed by atoms with van der Waals surface area (Å²) in [5.41, 5.74) is 5.54. The maximum Gasteiger partial charge on any atom is 0.251 e. The minimum Gasteiger partial charge on any atom is -0.378 e. The van der Waals surface area contributed by atoms with Crippen molar-refractivity contribution in [2.45, 2.75) is 37.8 Å². The number of rotatable bonds is 4. The molecule has 5 atom stereocenters. The first-order valence-corrected chi connectivity index (χ1v) is 11.4. The molecule has 156 valence electrons. The van der Waals surface area contributed by atoms with E-state index in [9.17, 15) is 4.79 Å². The second-order valence-electron chi connectivity index (χ2n) is 9.27. The number of aromatic nitrogens is 1. The maximum absolute atomic E-state index is 12.9. The van der Waals surface area contributed by atoms with E-state index in [1.165, 1.54) is 36.1 Å². The van der Waals surface area contributed by atoms with Gasteiger partial charge in [0, 0.05) is 17.4 Å². The number of nitrogens with one attached hydrogen (secondary N) is 2. The van der Waals surface area contributed by atoms with Crippen LogP contribution in [0.15, 0.2) is 72.9 Å². The molecule has 3 aromatic rings. The highest BCUT2D eigenvalue weighted by atomic mass is 16.1. The molecule has 2 heterocycles. The molecule has 3 aliphatic rings. The molecule has 2 fully saturated rings. The normalized spacial score (nSPS) is 27.8. The van der Waals surface area contributed by atoms with Crippen LogP contribution in [-0.2, 0) is 6.54 Å². The molecule has 1 aliphatic heterocycles. The predicted octanol–water partition coefficient (Wildman–Crippen LogP) is 5.31. The van der Waals surface area contributed by atoms with E-state index >= 15 is 0 Å². The molecule has 31 heavy (non-hydrogen) atoms. The van der Waals surface area contributed by atoms with Gasteiger partial charge in [-0.1, -0.05) is 36.4 Å². The number of anilines is 1. The summed E-state index contributed by atoms with van der Waals surface area (Å²) in [4.78, 5) is 17.2. The van der Waals surface area contributed by atoms with E-state index in [1.54, 1.807) is 6.20 Å². The molecule has 4 nitrogen and oxygen atoms in total. The van der Waals surface area contributed by atoms with Crippen molar-refractivity contribution in [3.05, 3.63) is 95.3 Å². The van der Waals surface area contributed by atoms with Gasteiger partial charge in [0.2, 0.25) is 0 Å². The number of pyridine rings is 1. The van der Waals surface area contributed by atoms with Crippen LogP contribution in [0.4, 0.5) is 5.69 Å². The predicted molar refractivity (Wildman–Crippen MR) is 122 cm³/mol. The van der Waals surface area contributed by atoms with Gasteiger partial charge >= 0.3 is 0 Å². The minimum absolute atomic E-state index is 0.0293. The van der Waals surface area contributed by atoms with Gasteiger partial charge in [-0.2, -0.15) is 0 Å². The molecule has 2 bridgehead atoms. The van der Waals surface area contributed by atoms with E-state index in [0.29, 0.717) is 24.4 Å². The monoisotopic (exact) mass is 409 g/mol. The Balaban J connectivity index is 1.30. The second kappa shape index (κ2) is 7.52. The number of hydrogen-bond donors (Lipinski definition) is 2. The number of fused-ring (bicyclic) bond motifs is 7. The van der Waals surface area contributed by atoms with Crippen LogP contribution in [0.2, 0.25) is 0 Å². The molecule has 2 saturated carbocycles. The standard InChI is InChI=1S/C27H27N3O/c31-27(29-16-21-8-4-5-13-28-21)20-11-12-23-22(15-20)24-18-9-10-19(14-18)25(24)26(30-23)17-6-2-1-3-7-17/h1-8,11-13,15,18-19,24-26,30H,9-10,14,16H2,(H,29,31)/t18-,19-,24+,25+,26-/m0/s1. The Morgan fingerprint density at radius 1 is 1.00 bits per heavy atom. The van der Waals surface area contributed by atoms with Crippen LogP contribution in [0.5, 0.6) is 0 Å². The minimum atomic E-state index is -0.0293. The molecule has 4 heteroatoms. The maximum atomic E-state index is 12.9. The van der Waals surface area contributed by atoms with Crippen molar-refractivity contribution in [1.82, 2.24) is 10.3 Å². The van der Waals surface area contributed by atoms with E-state index in [1.807, 2.05) is 24.3 Å². The smallest absolute Gasteiger partial charge is 0.251 e. The lowest BCUT2D eigenvalue weighted by Crippen LogP contribution is -2.35. The van der Waals surface area contributed by atoms with Crippen molar-refractivity contribution in [3.8, 4) is 0 Å². The zero-order valence-corrected chi connectivity index (χ0v) is 17.5. The van der Waals surface area contributed by atoms with Gasteiger partial charge in [-0.05, 0) is 84.4 Å². The van der Waals surface area contributed by atoms with Crippen molar-refractivity contribution in [2.24, 2.45) is 17.8 Å². The van der Waals surface area contributed by atoms with Gasteiger partial charge < -0.3 is 10.6 Å². The third-order valence-electron chi connectivity index (χ3n) is 7.66. The van der Waals surface area contributed by atoms with Gasteiger partial charge in [0.1, 0.15) is 0 Å². The zero-order valence-electron chi connectivity index (χ0n) is 17.5. The fraction of sp³-hybridized carbons (Fsp3) is 0.333. The number of carbonyl (C=O) groups is 1. The molecule has 2 aromatic carbocycles. The Hall–Kier alpha value is -3.14. The van der Waals surface area contributed by atoms with E-state index in [-0.39, 0.29) is 5.91 Å². The van der Waals surface area contributed by atoms with Crippen LogP contribution >= 0.6 is 0 Å². The lowest BCUT2D eigenvalue weighted by atomic mass is 9.68. The van der Waals surface area contributed by atoms with Crippen molar-refractivity contribution < 1.29 is 4.79 Å². The average Bonchev–Trinajstić information content (AvgIpc) is 3.46. The van der Waals surface area contributed by atoms with Crippen LogP contribution in [0, 0.1) is 17.8 Å².